The van der Waals surface area contributed by atoms with E-state index in [0.717, 1.165) is 18.8 Å². The molecule has 1 aliphatic rings. The summed E-state index contributed by atoms with van der Waals surface area (Å²) in [4.78, 5) is 38.5. The molecule has 24 heavy (non-hydrogen) atoms. The quantitative estimate of drug-likeness (QED) is 0.688. The molecule has 132 valence electrons. The molecule has 0 bridgehead atoms. The number of carbonyl (C=O) groups excluding carboxylic acids is 3. The second-order valence-electron chi connectivity index (χ2n) is 5.75. The smallest absolute Gasteiger partial charge is 0.229 e. The third kappa shape index (κ3) is 4.44. The van der Waals surface area contributed by atoms with E-state index in [9.17, 15) is 14.4 Å². The van der Waals surface area contributed by atoms with Gasteiger partial charge >= 0.3 is 0 Å². The first-order chi connectivity index (χ1) is 11.6. The number of likely N-dealkylation sites (tertiary alicyclic amines) is 1. The summed E-state index contributed by atoms with van der Waals surface area (Å²) < 4.78 is 5.49. The van der Waals surface area contributed by atoms with E-state index in [-0.39, 0.29) is 49.6 Å². The van der Waals surface area contributed by atoms with Crippen LogP contribution in [0.3, 0.4) is 0 Å². The minimum Gasteiger partial charge on any atom is -0.468 e. The fourth-order valence-corrected chi connectivity index (χ4v) is 2.94. The van der Waals surface area contributed by atoms with Gasteiger partial charge in [0.25, 0.3) is 0 Å². The molecule has 1 aromatic rings. The van der Waals surface area contributed by atoms with Crippen molar-refractivity contribution in [2.45, 2.75) is 39.2 Å². The lowest BCUT2D eigenvalue weighted by Crippen LogP contribution is -2.39. The Morgan fingerprint density at radius 1 is 1.29 bits per heavy atom. The number of carbonyl (C=O) groups is 3. The molecule has 0 radical (unpaired) electrons. The summed E-state index contributed by atoms with van der Waals surface area (Å²) in [7, 11) is 0. The predicted octanol–water partition coefficient (Wildman–Crippen LogP) is 1.32. The molecule has 1 aliphatic heterocycles. The van der Waals surface area contributed by atoms with Crippen LogP contribution in [0.15, 0.2) is 22.8 Å². The highest BCUT2D eigenvalue weighted by Crippen LogP contribution is 2.20. The van der Waals surface area contributed by atoms with Crippen LogP contribution in [0.5, 0.6) is 0 Å². The fourth-order valence-electron chi connectivity index (χ4n) is 2.94. The molecule has 7 heteroatoms. The summed E-state index contributed by atoms with van der Waals surface area (Å²) in [6.07, 6.45) is 2.25. The van der Waals surface area contributed by atoms with Gasteiger partial charge in [-0.3, -0.25) is 24.2 Å². The van der Waals surface area contributed by atoms with Crippen LogP contribution in [0, 0.1) is 0 Å². The van der Waals surface area contributed by atoms with Gasteiger partial charge in [-0.2, -0.15) is 0 Å². The van der Waals surface area contributed by atoms with E-state index >= 15 is 0 Å². The monoisotopic (exact) mass is 335 g/mol. The molecular weight excluding hydrogens is 310 g/mol. The first-order valence-corrected chi connectivity index (χ1v) is 8.44. The van der Waals surface area contributed by atoms with Crippen molar-refractivity contribution < 1.29 is 18.8 Å². The molecule has 1 atom stereocenters. The lowest BCUT2D eigenvalue weighted by molar-refractivity contribution is -0.138. The maximum Gasteiger partial charge on any atom is 0.229 e. The minimum absolute atomic E-state index is 0.0333. The highest BCUT2D eigenvalue weighted by molar-refractivity contribution is 6.02. The molecule has 0 aliphatic carbocycles. The fraction of sp³-hybridized carbons (Fsp3) is 0.588. The number of imide groups is 1. The Morgan fingerprint density at radius 2 is 1.96 bits per heavy atom. The molecule has 1 aromatic heterocycles. The topological polar surface area (TPSA) is 82.9 Å². The van der Waals surface area contributed by atoms with E-state index in [2.05, 4.69) is 24.1 Å². The Kier molecular flexibility index (Phi) is 6.54. The van der Waals surface area contributed by atoms with Crippen LogP contribution in [0.1, 0.15) is 44.9 Å². The molecule has 0 saturated carbocycles. The number of amides is 3. The molecule has 3 amide bonds. The average molecular weight is 335 g/mol. The average Bonchev–Trinajstić information content (AvgIpc) is 3.20. The first-order valence-electron chi connectivity index (χ1n) is 8.44. The van der Waals surface area contributed by atoms with Gasteiger partial charge < -0.3 is 9.73 Å². The summed E-state index contributed by atoms with van der Waals surface area (Å²) in [5.41, 5.74) is 0. The minimum atomic E-state index is -0.190. The van der Waals surface area contributed by atoms with E-state index in [1.54, 1.807) is 6.26 Å². The number of nitrogens with one attached hydrogen (secondary N) is 1. The van der Waals surface area contributed by atoms with Crippen LogP contribution in [-0.4, -0.2) is 53.7 Å². The maximum atomic E-state index is 12.1. The van der Waals surface area contributed by atoms with Gasteiger partial charge in [-0.1, -0.05) is 13.8 Å². The summed E-state index contributed by atoms with van der Waals surface area (Å²) in [5, 5.41) is 2.88. The Hall–Kier alpha value is -2.15. The summed E-state index contributed by atoms with van der Waals surface area (Å²) >= 11 is 0. The van der Waals surface area contributed by atoms with Crippen LogP contribution in [0.4, 0.5) is 0 Å². The van der Waals surface area contributed by atoms with Crippen LogP contribution >= 0.6 is 0 Å². The molecule has 0 unspecified atom stereocenters. The Bertz CT molecular complexity index is 550. The molecule has 7 nitrogen and oxygen atoms in total. The highest BCUT2D eigenvalue weighted by Gasteiger charge is 2.29. The molecule has 0 spiro atoms. The van der Waals surface area contributed by atoms with Gasteiger partial charge in [0.1, 0.15) is 5.76 Å². The lowest BCUT2D eigenvalue weighted by atomic mass is 10.2. The maximum absolute atomic E-state index is 12.1. The normalized spacial score (nSPS) is 16.0. The Morgan fingerprint density at radius 3 is 2.50 bits per heavy atom. The van der Waals surface area contributed by atoms with Gasteiger partial charge in [-0.05, 0) is 25.2 Å². The molecule has 1 N–H and O–H groups in total. The largest absolute Gasteiger partial charge is 0.468 e. The Balaban J connectivity index is 1.86. The van der Waals surface area contributed by atoms with Crippen LogP contribution in [-0.2, 0) is 14.4 Å². The number of nitrogens with zero attached hydrogens (tertiary/aromatic N) is 2. The van der Waals surface area contributed by atoms with Crippen molar-refractivity contribution in [3.05, 3.63) is 24.2 Å². The van der Waals surface area contributed by atoms with Crippen molar-refractivity contribution in [2.75, 3.05) is 26.2 Å². The molecule has 1 fully saturated rings. The first kappa shape index (κ1) is 18.2. The highest BCUT2D eigenvalue weighted by atomic mass is 16.3. The zero-order valence-corrected chi connectivity index (χ0v) is 14.3. The predicted molar refractivity (Wildman–Crippen MR) is 88.0 cm³/mol. The van der Waals surface area contributed by atoms with E-state index in [1.807, 2.05) is 12.1 Å². The van der Waals surface area contributed by atoms with Gasteiger partial charge in [-0.25, -0.2) is 0 Å². The zero-order chi connectivity index (χ0) is 17.5. The molecular formula is C17H25N3O4. The molecule has 0 aromatic carbocycles. The molecule has 2 rings (SSSR count). The van der Waals surface area contributed by atoms with E-state index in [1.165, 1.54) is 4.90 Å². The van der Waals surface area contributed by atoms with Crippen molar-refractivity contribution in [1.29, 1.82) is 0 Å². The van der Waals surface area contributed by atoms with Crippen molar-refractivity contribution in [3.8, 4) is 0 Å². The van der Waals surface area contributed by atoms with Crippen molar-refractivity contribution >= 4 is 17.7 Å². The van der Waals surface area contributed by atoms with Crippen molar-refractivity contribution in [3.63, 3.8) is 0 Å². The van der Waals surface area contributed by atoms with Crippen LogP contribution in [0.2, 0.25) is 0 Å². The Labute approximate surface area is 142 Å². The third-order valence-corrected chi connectivity index (χ3v) is 4.33. The zero-order valence-electron chi connectivity index (χ0n) is 14.3. The SMILES string of the molecule is CCN(CC)[C@@H](CNC(=O)CCN1C(=O)CCC1=O)c1ccco1. The summed E-state index contributed by atoms with van der Waals surface area (Å²) in [6.45, 7) is 6.39. The van der Waals surface area contributed by atoms with E-state index in [4.69, 9.17) is 4.42 Å². The number of hydrogen-bond acceptors (Lipinski definition) is 5. The summed E-state index contributed by atoms with van der Waals surface area (Å²) in [6, 6.07) is 3.70. The molecule has 1 saturated heterocycles. The van der Waals surface area contributed by atoms with Gasteiger partial charge in [-0.15, -0.1) is 0 Å². The lowest BCUT2D eigenvalue weighted by Gasteiger charge is -2.28. The van der Waals surface area contributed by atoms with Gasteiger partial charge in [0.05, 0.1) is 12.3 Å². The van der Waals surface area contributed by atoms with E-state index in [0.29, 0.717) is 6.54 Å². The van der Waals surface area contributed by atoms with Crippen molar-refractivity contribution in [2.24, 2.45) is 0 Å². The second-order valence-corrected chi connectivity index (χ2v) is 5.75. The van der Waals surface area contributed by atoms with Gasteiger partial charge in [0, 0.05) is 32.4 Å². The second kappa shape index (κ2) is 8.63. The number of likely N-dealkylation sites (N-methyl/N-ethyl adjacent to an activating group) is 1. The third-order valence-electron chi connectivity index (χ3n) is 4.33. The summed E-state index contributed by atoms with van der Waals surface area (Å²) in [5.74, 6) is 0.254. The van der Waals surface area contributed by atoms with Crippen LogP contribution in [0.25, 0.3) is 0 Å². The van der Waals surface area contributed by atoms with E-state index < -0.39 is 0 Å². The van der Waals surface area contributed by atoms with Crippen LogP contribution < -0.4 is 5.32 Å². The van der Waals surface area contributed by atoms with Crippen molar-refractivity contribution in [1.82, 2.24) is 15.1 Å². The number of furan rings is 1. The molecule has 2 heterocycles. The van der Waals surface area contributed by atoms with Gasteiger partial charge in [0.15, 0.2) is 0 Å². The standard InChI is InChI=1S/C17H25N3O4/c1-3-19(4-2)13(14-6-5-11-24-14)12-18-15(21)9-10-20-16(22)7-8-17(20)23/h5-6,11,13H,3-4,7-10,12H2,1-2H3,(H,18,21)/t13-/m0/s1. The number of hydrogen-bond donors (Lipinski definition) is 1. The van der Waals surface area contributed by atoms with Gasteiger partial charge in [0.2, 0.25) is 17.7 Å². The number of rotatable bonds is 9.